The number of nitrogens with zero attached hydrogens (tertiary/aromatic N) is 2. The Morgan fingerprint density at radius 2 is 1.77 bits per heavy atom. The van der Waals surface area contributed by atoms with E-state index < -0.39 is 6.61 Å². The van der Waals surface area contributed by atoms with E-state index >= 15 is 0 Å². The minimum atomic E-state index is -2.99. The zero-order valence-corrected chi connectivity index (χ0v) is 19.3. The Bertz CT molecular complexity index is 1300. The van der Waals surface area contributed by atoms with Gasteiger partial charge in [-0.15, -0.1) is 0 Å². The predicted octanol–water partition coefficient (Wildman–Crippen LogP) is 6.24. The van der Waals surface area contributed by atoms with E-state index in [0.717, 1.165) is 5.56 Å². The van der Waals surface area contributed by atoms with Gasteiger partial charge < -0.3 is 19.3 Å². The van der Waals surface area contributed by atoms with Crippen molar-refractivity contribution in [3.8, 4) is 34.0 Å². The zero-order chi connectivity index (χ0) is 24.8. The first-order chi connectivity index (χ1) is 16.9. The lowest BCUT2D eigenvalue weighted by molar-refractivity contribution is -0.116. The van der Waals surface area contributed by atoms with E-state index in [0.29, 0.717) is 39.3 Å². The molecule has 1 N–H and O–H groups in total. The van der Waals surface area contributed by atoms with E-state index in [1.807, 2.05) is 0 Å². The van der Waals surface area contributed by atoms with E-state index in [-0.39, 0.29) is 24.5 Å². The van der Waals surface area contributed by atoms with Gasteiger partial charge in [-0.25, -0.2) is 0 Å². The molecule has 35 heavy (non-hydrogen) atoms. The monoisotopic (exact) mass is 499 g/mol. The first-order valence-electron chi connectivity index (χ1n) is 10.5. The van der Waals surface area contributed by atoms with Crippen LogP contribution in [-0.2, 0) is 11.2 Å². The number of carbonyl (C=O) groups excluding carboxylic acids is 1. The number of aryl methyl sites for hydroxylation is 1. The molecule has 7 nitrogen and oxygen atoms in total. The van der Waals surface area contributed by atoms with Gasteiger partial charge in [0.1, 0.15) is 11.5 Å². The molecule has 0 aliphatic heterocycles. The number of carbonyl (C=O) groups is 1. The molecule has 1 heterocycles. The average Bonchev–Trinajstić information content (AvgIpc) is 3.33. The van der Waals surface area contributed by atoms with Crippen LogP contribution in [0.4, 0.5) is 14.5 Å². The summed E-state index contributed by atoms with van der Waals surface area (Å²) >= 11 is 5.89. The second-order valence-corrected chi connectivity index (χ2v) is 7.82. The fraction of sp³-hybridized carbons (Fsp3) is 0.160. The first-order valence-corrected chi connectivity index (χ1v) is 10.9. The van der Waals surface area contributed by atoms with Gasteiger partial charge in [-0.05, 0) is 60.2 Å². The second kappa shape index (κ2) is 11.0. The number of alkyl halides is 2. The van der Waals surface area contributed by atoms with Crippen LogP contribution in [-0.4, -0.2) is 29.8 Å². The Morgan fingerprint density at radius 3 is 2.46 bits per heavy atom. The molecule has 0 aliphatic rings. The molecule has 1 amide bonds. The fourth-order valence-corrected chi connectivity index (χ4v) is 3.45. The number of halogens is 3. The van der Waals surface area contributed by atoms with E-state index in [9.17, 15) is 13.6 Å². The second-order valence-electron chi connectivity index (χ2n) is 7.38. The van der Waals surface area contributed by atoms with Gasteiger partial charge in [-0.2, -0.15) is 13.8 Å². The van der Waals surface area contributed by atoms with Crippen molar-refractivity contribution >= 4 is 23.2 Å². The molecule has 0 atom stereocenters. The molecule has 0 radical (unpaired) electrons. The van der Waals surface area contributed by atoms with Gasteiger partial charge in [0.2, 0.25) is 17.6 Å². The number of rotatable bonds is 9. The smallest absolute Gasteiger partial charge is 0.387 e. The van der Waals surface area contributed by atoms with Crippen LogP contribution in [0.3, 0.4) is 0 Å². The van der Waals surface area contributed by atoms with E-state index in [1.165, 1.54) is 19.2 Å². The van der Waals surface area contributed by atoms with Crippen molar-refractivity contribution in [1.29, 1.82) is 0 Å². The molecule has 0 unspecified atom stereocenters. The summed E-state index contributed by atoms with van der Waals surface area (Å²) in [6, 6.07) is 18.3. The molecule has 1 aromatic heterocycles. The van der Waals surface area contributed by atoms with Crippen molar-refractivity contribution in [1.82, 2.24) is 10.1 Å². The highest BCUT2D eigenvalue weighted by atomic mass is 35.5. The van der Waals surface area contributed by atoms with Crippen LogP contribution < -0.4 is 14.8 Å². The summed E-state index contributed by atoms with van der Waals surface area (Å²) in [6.45, 7) is -2.99. The summed E-state index contributed by atoms with van der Waals surface area (Å²) in [7, 11) is 1.53. The fourth-order valence-electron chi connectivity index (χ4n) is 3.32. The number of methoxy groups -OCH3 is 1. The first kappa shape index (κ1) is 24.2. The molecule has 0 saturated heterocycles. The van der Waals surface area contributed by atoms with Crippen molar-refractivity contribution < 1.29 is 27.6 Å². The molecule has 180 valence electrons. The Hall–Kier alpha value is -3.98. The standard InChI is InChI=1S/C25H20ClF2N3O4/c1-33-19-9-4-15(5-10-19)20-14-18(8-11-21(20)34-25(27)28)29-22(32)12-13-23-30-24(31-35-23)16-2-6-17(26)7-3-16/h2-11,14,25H,12-13H2,1H3,(H,29,32). The van der Waals surface area contributed by atoms with Crippen molar-refractivity contribution in [3.63, 3.8) is 0 Å². The maximum Gasteiger partial charge on any atom is 0.387 e. The van der Waals surface area contributed by atoms with E-state index in [1.54, 1.807) is 54.6 Å². The largest absolute Gasteiger partial charge is 0.497 e. The molecule has 0 saturated carbocycles. The van der Waals surface area contributed by atoms with Gasteiger partial charge in [0.25, 0.3) is 0 Å². The lowest BCUT2D eigenvalue weighted by Crippen LogP contribution is -2.12. The highest BCUT2D eigenvalue weighted by molar-refractivity contribution is 6.30. The number of hydrogen-bond donors (Lipinski definition) is 1. The van der Waals surface area contributed by atoms with Crippen LogP contribution in [0.25, 0.3) is 22.5 Å². The minimum absolute atomic E-state index is 0.0104. The highest BCUT2D eigenvalue weighted by Gasteiger charge is 2.15. The van der Waals surface area contributed by atoms with Crippen molar-refractivity contribution in [3.05, 3.63) is 77.6 Å². The third kappa shape index (κ3) is 6.33. The van der Waals surface area contributed by atoms with Gasteiger partial charge in [0.05, 0.1) is 7.11 Å². The molecule has 10 heteroatoms. The van der Waals surface area contributed by atoms with Crippen molar-refractivity contribution in [2.24, 2.45) is 0 Å². The van der Waals surface area contributed by atoms with Gasteiger partial charge in [-0.3, -0.25) is 4.79 Å². The number of benzene rings is 3. The average molecular weight is 500 g/mol. The quantitative estimate of drug-likeness (QED) is 0.293. The molecular weight excluding hydrogens is 480 g/mol. The van der Waals surface area contributed by atoms with Crippen LogP contribution in [0.2, 0.25) is 5.02 Å². The van der Waals surface area contributed by atoms with Crippen LogP contribution in [0.15, 0.2) is 71.3 Å². The number of ether oxygens (including phenoxy) is 2. The molecule has 4 rings (SSSR count). The number of aromatic nitrogens is 2. The van der Waals surface area contributed by atoms with Crippen LogP contribution in [0.1, 0.15) is 12.3 Å². The molecule has 0 bridgehead atoms. The SMILES string of the molecule is COc1ccc(-c2cc(NC(=O)CCc3nc(-c4ccc(Cl)cc4)no3)ccc2OC(F)F)cc1. The maximum absolute atomic E-state index is 12.9. The van der Waals surface area contributed by atoms with E-state index in [4.69, 9.17) is 20.9 Å². The van der Waals surface area contributed by atoms with E-state index in [2.05, 4.69) is 20.2 Å². The van der Waals surface area contributed by atoms with Crippen LogP contribution in [0.5, 0.6) is 11.5 Å². The molecule has 4 aromatic rings. The molecular formula is C25H20ClF2N3O4. The number of amides is 1. The number of anilines is 1. The molecule has 3 aromatic carbocycles. The molecule has 0 aliphatic carbocycles. The Balaban J connectivity index is 1.43. The lowest BCUT2D eigenvalue weighted by Gasteiger charge is -2.14. The summed E-state index contributed by atoms with van der Waals surface area (Å²) in [6.07, 6.45) is 0.305. The number of nitrogens with one attached hydrogen (secondary N) is 1. The lowest BCUT2D eigenvalue weighted by atomic mass is 10.0. The summed E-state index contributed by atoms with van der Waals surface area (Å²) in [4.78, 5) is 16.8. The molecule has 0 fully saturated rings. The zero-order valence-electron chi connectivity index (χ0n) is 18.5. The van der Waals surface area contributed by atoms with Crippen molar-refractivity contribution in [2.75, 3.05) is 12.4 Å². The summed E-state index contributed by atoms with van der Waals surface area (Å²) in [5.41, 5.74) is 2.19. The minimum Gasteiger partial charge on any atom is -0.497 e. The highest BCUT2D eigenvalue weighted by Crippen LogP contribution is 2.34. The van der Waals surface area contributed by atoms with Gasteiger partial charge in [-0.1, -0.05) is 28.9 Å². The summed E-state index contributed by atoms with van der Waals surface area (Å²) in [5, 5.41) is 7.28. The maximum atomic E-state index is 12.9. The van der Waals surface area contributed by atoms with Gasteiger partial charge >= 0.3 is 6.61 Å². The topological polar surface area (TPSA) is 86.5 Å². The third-order valence-electron chi connectivity index (χ3n) is 5.02. The third-order valence-corrected chi connectivity index (χ3v) is 5.27. The normalized spacial score (nSPS) is 10.9. The van der Waals surface area contributed by atoms with Crippen molar-refractivity contribution in [2.45, 2.75) is 19.5 Å². The Morgan fingerprint density at radius 1 is 1.06 bits per heavy atom. The Labute approximate surface area is 204 Å². The summed E-state index contributed by atoms with van der Waals surface area (Å²) in [5.74, 6) is 1.01. The Kier molecular flexibility index (Phi) is 7.57. The predicted molar refractivity (Wildman–Crippen MR) is 127 cm³/mol. The van der Waals surface area contributed by atoms with Crippen LogP contribution in [0, 0.1) is 0 Å². The number of hydrogen-bond acceptors (Lipinski definition) is 6. The summed E-state index contributed by atoms with van der Waals surface area (Å²) < 4.78 is 40.8. The molecule has 0 spiro atoms. The van der Waals surface area contributed by atoms with Gasteiger partial charge in [0.15, 0.2) is 0 Å². The van der Waals surface area contributed by atoms with Crippen LogP contribution >= 0.6 is 11.6 Å². The van der Waals surface area contributed by atoms with Gasteiger partial charge in [0, 0.05) is 34.7 Å².